The van der Waals surface area contributed by atoms with Gasteiger partial charge in [-0.05, 0) is 49.3 Å². The lowest BCUT2D eigenvalue weighted by Crippen LogP contribution is -2.39. The highest BCUT2D eigenvalue weighted by Crippen LogP contribution is 2.29. The topological polar surface area (TPSA) is 66.4 Å². The first-order valence-corrected chi connectivity index (χ1v) is 8.09. The molecule has 5 heteroatoms. The maximum absolute atomic E-state index is 12.2. The third-order valence-electron chi connectivity index (χ3n) is 4.17. The number of aliphatic carboxylic acids is 1. The van der Waals surface area contributed by atoms with Crippen molar-refractivity contribution in [1.29, 1.82) is 0 Å². The highest BCUT2D eigenvalue weighted by atomic mass is 32.1. The molecule has 0 aliphatic heterocycles. The van der Waals surface area contributed by atoms with Gasteiger partial charge in [0.25, 0.3) is 5.91 Å². The van der Waals surface area contributed by atoms with E-state index in [4.69, 9.17) is 5.11 Å². The van der Waals surface area contributed by atoms with E-state index >= 15 is 0 Å². The van der Waals surface area contributed by atoms with E-state index in [1.807, 2.05) is 0 Å². The van der Waals surface area contributed by atoms with Crippen LogP contribution in [0.1, 0.15) is 47.7 Å². The molecule has 1 aromatic heterocycles. The number of carboxylic acid groups (broad SMARTS) is 1. The van der Waals surface area contributed by atoms with Gasteiger partial charge in [-0.2, -0.15) is 0 Å². The second kappa shape index (κ2) is 6.89. The molecule has 0 bridgehead atoms. The van der Waals surface area contributed by atoms with Gasteiger partial charge in [0, 0.05) is 17.0 Å². The standard InChI is InChI=1S/C16H21NO3S/c1-10-3-4-12(9-11(10)2)17-16(20)14-7-5-13(21-14)6-8-15(18)19/h5-8,10-12H,3-4,9H2,1-2H3,(H,17,20)(H,18,19). The van der Waals surface area contributed by atoms with Crippen molar-refractivity contribution in [3.8, 4) is 0 Å². The van der Waals surface area contributed by atoms with Gasteiger partial charge in [-0.15, -0.1) is 11.3 Å². The normalized spacial score (nSPS) is 25.9. The first kappa shape index (κ1) is 15.8. The fraction of sp³-hybridized carbons (Fsp3) is 0.500. The fourth-order valence-corrected chi connectivity index (χ4v) is 3.47. The quantitative estimate of drug-likeness (QED) is 0.838. The Morgan fingerprint density at radius 3 is 2.71 bits per heavy atom. The number of hydrogen-bond donors (Lipinski definition) is 2. The molecule has 21 heavy (non-hydrogen) atoms. The van der Waals surface area contributed by atoms with E-state index in [0.717, 1.165) is 36.1 Å². The van der Waals surface area contributed by atoms with E-state index in [9.17, 15) is 9.59 Å². The van der Waals surface area contributed by atoms with Gasteiger partial charge in [0.1, 0.15) is 0 Å². The first-order valence-electron chi connectivity index (χ1n) is 7.27. The zero-order chi connectivity index (χ0) is 15.4. The summed E-state index contributed by atoms with van der Waals surface area (Å²) in [5, 5.41) is 11.7. The highest BCUT2D eigenvalue weighted by Gasteiger charge is 2.26. The lowest BCUT2D eigenvalue weighted by molar-refractivity contribution is -0.131. The van der Waals surface area contributed by atoms with Crippen molar-refractivity contribution in [2.45, 2.75) is 39.2 Å². The van der Waals surface area contributed by atoms with Crippen molar-refractivity contribution < 1.29 is 14.7 Å². The van der Waals surface area contributed by atoms with Crippen molar-refractivity contribution >= 4 is 29.3 Å². The third-order valence-corrected chi connectivity index (χ3v) is 5.22. The molecule has 1 saturated carbocycles. The molecular formula is C16H21NO3S. The van der Waals surface area contributed by atoms with E-state index in [2.05, 4.69) is 19.2 Å². The molecule has 0 spiro atoms. The van der Waals surface area contributed by atoms with Gasteiger partial charge in [-0.1, -0.05) is 13.8 Å². The second-order valence-electron chi connectivity index (χ2n) is 5.81. The van der Waals surface area contributed by atoms with Gasteiger partial charge < -0.3 is 10.4 Å². The van der Waals surface area contributed by atoms with E-state index in [-0.39, 0.29) is 11.9 Å². The van der Waals surface area contributed by atoms with Crippen LogP contribution in [0.25, 0.3) is 6.08 Å². The number of hydrogen-bond acceptors (Lipinski definition) is 3. The average molecular weight is 307 g/mol. The van der Waals surface area contributed by atoms with E-state index in [1.54, 1.807) is 12.1 Å². The zero-order valence-electron chi connectivity index (χ0n) is 12.3. The van der Waals surface area contributed by atoms with Crippen molar-refractivity contribution in [3.05, 3.63) is 28.0 Å². The highest BCUT2D eigenvalue weighted by molar-refractivity contribution is 7.14. The molecule has 4 nitrogen and oxygen atoms in total. The largest absolute Gasteiger partial charge is 0.478 e. The van der Waals surface area contributed by atoms with E-state index in [1.165, 1.54) is 17.4 Å². The summed E-state index contributed by atoms with van der Waals surface area (Å²) in [6.07, 6.45) is 5.81. The molecule has 0 saturated heterocycles. The summed E-state index contributed by atoms with van der Waals surface area (Å²) in [5.41, 5.74) is 0. The minimum Gasteiger partial charge on any atom is -0.478 e. The van der Waals surface area contributed by atoms with Crippen molar-refractivity contribution in [3.63, 3.8) is 0 Å². The van der Waals surface area contributed by atoms with Gasteiger partial charge in [0.2, 0.25) is 0 Å². The van der Waals surface area contributed by atoms with Crippen LogP contribution in [-0.2, 0) is 4.79 Å². The molecule has 0 aromatic carbocycles. The SMILES string of the molecule is CC1CCC(NC(=O)c2ccc(C=CC(=O)O)s2)CC1C. The van der Waals surface area contributed by atoms with Crippen LogP contribution in [0.2, 0.25) is 0 Å². The predicted molar refractivity (Wildman–Crippen MR) is 84.4 cm³/mol. The lowest BCUT2D eigenvalue weighted by atomic mass is 9.79. The summed E-state index contributed by atoms with van der Waals surface area (Å²) < 4.78 is 0. The maximum Gasteiger partial charge on any atom is 0.328 e. The molecule has 1 amide bonds. The molecule has 0 radical (unpaired) electrons. The Hall–Kier alpha value is -1.62. The van der Waals surface area contributed by atoms with Crippen molar-refractivity contribution in [1.82, 2.24) is 5.32 Å². The number of amides is 1. The number of carbonyl (C=O) groups excluding carboxylic acids is 1. The van der Waals surface area contributed by atoms with Crippen molar-refractivity contribution in [2.75, 3.05) is 0 Å². The lowest BCUT2D eigenvalue weighted by Gasteiger charge is -2.32. The Labute approximate surface area is 128 Å². The summed E-state index contributed by atoms with van der Waals surface area (Å²) in [5.74, 6) is 0.329. The second-order valence-corrected chi connectivity index (χ2v) is 6.93. The summed E-state index contributed by atoms with van der Waals surface area (Å²) in [6.45, 7) is 4.51. The minimum atomic E-state index is -0.986. The van der Waals surface area contributed by atoms with Crippen LogP contribution in [-0.4, -0.2) is 23.0 Å². The Morgan fingerprint density at radius 2 is 2.05 bits per heavy atom. The number of rotatable bonds is 4. The van der Waals surface area contributed by atoms with Gasteiger partial charge >= 0.3 is 5.97 Å². The molecule has 1 aliphatic carbocycles. The maximum atomic E-state index is 12.2. The molecule has 1 aliphatic rings. The zero-order valence-corrected chi connectivity index (χ0v) is 13.2. The van der Waals surface area contributed by atoms with Crippen LogP contribution in [0.15, 0.2) is 18.2 Å². The van der Waals surface area contributed by atoms with Gasteiger partial charge in [0.05, 0.1) is 4.88 Å². The Balaban J connectivity index is 1.93. The van der Waals surface area contributed by atoms with Crippen LogP contribution in [0.5, 0.6) is 0 Å². The van der Waals surface area contributed by atoms with Gasteiger partial charge in [-0.25, -0.2) is 4.79 Å². The first-order chi connectivity index (χ1) is 9.95. The minimum absolute atomic E-state index is 0.0540. The number of carboxylic acids is 1. The molecule has 1 heterocycles. The fourth-order valence-electron chi connectivity index (χ4n) is 2.65. The molecule has 114 valence electrons. The molecular weight excluding hydrogens is 286 g/mol. The Kier molecular flexibility index (Phi) is 5.17. The van der Waals surface area contributed by atoms with E-state index < -0.39 is 5.97 Å². The smallest absolute Gasteiger partial charge is 0.328 e. The van der Waals surface area contributed by atoms with Crippen LogP contribution >= 0.6 is 11.3 Å². The van der Waals surface area contributed by atoms with E-state index in [0.29, 0.717) is 10.8 Å². The van der Waals surface area contributed by atoms with Crippen LogP contribution in [0.3, 0.4) is 0 Å². The van der Waals surface area contributed by atoms with Crippen LogP contribution in [0.4, 0.5) is 0 Å². The summed E-state index contributed by atoms with van der Waals surface area (Å²) in [7, 11) is 0. The Bertz CT molecular complexity index is 549. The van der Waals surface area contributed by atoms with Crippen molar-refractivity contribution in [2.24, 2.45) is 11.8 Å². The van der Waals surface area contributed by atoms with Crippen LogP contribution < -0.4 is 5.32 Å². The summed E-state index contributed by atoms with van der Waals surface area (Å²) in [4.78, 5) is 24.1. The molecule has 2 N–H and O–H groups in total. The van der Waals surface area contributed by atoms with Crippen LogP contribution in [0, 0.1) is 11.8 Å². The van der Waals surface area contributed by atoms with Gasteiger partial charge in [0.15, 0.2) is 0 Å². The molecule has 3 atom stereocenters. The number of nitrogens with one attached hydrogen (secondary N) is 1. The number of thiophene rings is 1. The molecule has 2 rings (SSSR count). The summed E-state index contributed by atoms with van der Waals surface area (Å²) in [6, 6.07) is 3.77. The van der Waals surface area contributed by atoms with Gasteiger partial charge in [-0.3, -0.25) is 4.79 Å². The molecule has 1 aromatic rings. The predicted octanol–water partition coefficient (Wildman–Crippen LogP) is 3.40. The average Bonchev–Trinajstić information content (AvgIpc) is 2.89. The number of carbonyl (C=O) groups is 2. The molecule has 3 unspecified atom stereocenters. The third kappa shape index (κ3) is 4.43. The summed E-state index contributed by atoms with van der Waals surface area (Å²) >= 11 is 1.31. The Morgan fingerprint density at radius 1 is 1.29 bits per heavy atom. The monoisotopic (exact) mass is 307 g/mol. The molecule has 1 fully saturated rings.